The number of nitro groups is 1. The summed E-state index contributed by atoms with van der Waals surface area (Å²) in [6, 6.07) is 14.5. The molecule has 2 aromatic carbocycles. The van der Waals surface area contributed by atoms with Gasteiger partial charge in [-0.05, 0) is 42.5 Å². The third-order valence-electron chi connectivity index (χ3n) is 3.85. The number of methoxy groups -OCH3 is 1. The molecule has 1 aromatic heterocycles. The van der Waals surface area contributed by atoms with Gasteiger partial charge in [0.1, 0.15) is 11.5 Å². The first-order valence-electron chi connectivity index (χ1n) is 8.59. The Morgan fingerprint density at radius 2 is 1.97 bits per heavy atom. The summed E-state index contributed by atoms with van der Waals surface area (Å²) in [7, 11) is 1.51. The molecule has 1 N–H and O–H groups in total. The predicted octanol–water partition coefficient (Wildman–Crippen LogP) is 4.16. The van der Waals surface area contributed by atoms with Gasteiger partial charge in [0.2, 0.25) is 0 Å². The molecule has 3 rings (SSSR count). The number of non-ortho nitro benzene ring substituents is 1. The number of hydrogen-bond acceptors (Lipinski definition) is 7. The summed E-state index contributed by atoms with van der Waals surface area (Å²) in [5.74, 6) is 1.38. The van der Waals surface area contributed by atoms with E-state index in [0.29, 0.717) is 28.6 Å². The van der Waals surface area contributed by atoms with Crippen molar-refractivity contribution in [2.45, 2.75) is 0 Å². The zero-order chi connectivity index (χ0) is 21.5. The second-order valence-electron chi connectivity index (χ2n) is 5.88. The SMILES string of the molecule is COc1cc(Br)ccc1OCC(=O)N/N=C/c1ccc(-c2ccc([N+](=O)[O-])cc2)o1. The molecule has 9 nitrogen and oxygen atoms in total. The van der Waals surface area contributed by atoms with Crippen LogP contribution in [0.4, 0.5) is 5.69 Å². The van der Waals surface area contributed by atoms with Crippen LogP contribution in [0.1, 0.15) is 5.76 Å². The number of nitrogens with one attached hydrogen (secondary N) is 1. The first-order valence-corrected chi connectivity index (χ1v) is 9.38. The van der Waals surface area contributed by atoms with Gasteiger partial charge in [0, 0.05) is 22.2 Å². The molecule has 0 fully saturated rings. The number of hydrogen-bond donors (Lipinski definition) is 1. The molecule has 10 heteroatoms. The van der Waals surface area contributed by atoms with Crippen molar-refractivity contribution in [3.63, 3.8) is 0 Å². The van der Waals surface area contributed by atoms with Crippen LogP contribution in [0.3, 0.4) is 0 Å². The van der Waals surface area contributed by atoms with E-state index >= 15 is 0 Å². The Morgan fingerprint density at radius 3 is 2.67 bits per heavy atom. The molecule has 154 valence electrons. The zero-order valence-corrected chi connectivity index (χ0v) is 17.3. The predicted molar refractivity (Wildman–Crippen MR) is 113 cm³/mol. The maximum Gasteiger partial charge on any atom is 0.277 e. The number of benzene rings is 2. The molecular formula is C20H16BrN3O6. The molecule has 1 amide bonds. The lowest BCUT2D eigenvalue weighted by molar-refractivity contribution is -0.384. The molecule has 1 heterocycles. The van der Waals surface area contributed by atoms with Gasteiger partial charge < -0.3 is 13.9 Å². The number of nitrogens with zero attached hydrogens (tertiary/aromatic N) is 2. The van der Waals surface area contributed by atoms with E-state index in [1.165, 1.54) is 25.5 Å². The molecular weight excluding hydrogens is 458 g/mol. The fourth-order valence-corrected chi connectivity index (χ4v) is 2.77. The highest BCUT2D eigenvalue weighted by atomic mass is 79.9. The van der Waals surface area contributed by atoms with E-state index in [9.17, 15) is 14.9 Å². The summed E-state index contributed by atoms with van der Waals surface area (Å²) >= 11 is 3.33. The molecule has 0 saturated heterocycles. The second-order valence-corrected chi connectivity index (χ2v) is 6.80. The smallest absolute Gasteiger partial charge is 0.277 e. The first-order chi connectivity index (χ1) is 14.5. The third-order valence-corrected chi connectivity index (χ3v) is 4.35. The standard InChI is InChI=1S/C20H16BrN3O6/c1-28-19-10-14(21)4-8-18(19)29-12-20(25)23-22-11-16-7-9-17(30-16)13-2-5-15(6-3-13)24(26)27/h2-11H,12H2,1H3,(H,23,25)/b22-11+. The summed E-state index contributed by atoms with van der Waals surface area (Å²) in [5.41, 5.74) is 3.02. The van der Waals surface area contributed by atoms with Gasteiger partial charge in [-0.2, -0.15) is 5.10 Å². The van der Waals surface area contributed by atoms with Crippen molar-refractivity contribution >= 4 is 33.7 Å². The van der Waals surface area contributed by atoms with Crippen LogP contribution in [0.25, 0.3) is 11.3 Å². The molecule has 0 aliphatic rings. The number of amides is 1. The lowest BCUT2D eigenvalue weighted by Gasteiger charge is -2.09. The monoisotopic (exact) mass is 473 g/mol. The Morgan fingerprint density at radius 1 is 1.20 bits per heavy atom. The minimum absolute atomic E-state index is 0.00205. The Bertz CT molecular complexity index is 1080. The summed E-state index contributed by atoms with van der Waals surface area (Å²) < 4.78 is 17.1. The van der Waals surface area contributed by atoms with Crippen LogP contribution in [0, 0.1) is 10.1 Å². The van der Waals surface area contributed by atoms with Crippen LogP contribution in [0.2, 0.25) is 0 Å². The van der Waals surface area contributed by atoms with Crippen molar-refractivity contribution in [1.29, 1.82) is 0 Å². The average Bonchev–Trinajstić information content (AvgIpc) is 3.21. The van der Waals surface area contributed by atoms with Gasteiger partial charge in [0.25, 0.3) is 11.6 Å². The minimum Gasteiger partial charge on any atom is -0.493 e. The molecule has 0 aliphatic heterocycles. The van der Waals surface area contributed by atoms with Gasteiger partial charge in [-0.15, -0.1) is 0 Å². The van der Waals surface area contributed by atoms with Crippen molar-refractivity contribution in [1.82, 2.24) is 5.43 Å². The van der Waals surface area contributed by atoms with E-state index in [0.717, 1.165) is 4.47 Å². The highest BCUT2D eigenvalue weighted by Crippen LogP contribution is 2.30. The van der Waals surface area contributed by atoms with Crippen LogP contribution < -0.4 is 14.9 Å². The maximum absolute atomic E-state index is 11.9. The van der Waals surface area contributed by atoms with Crippen LogP contribution in [-0.4, -0.2) is 30.8 Å². The Kier molecular flexibility index (Phi) is 6.81. The Labute approximate surface area is 179 Å². The van der Waals surface area contributed by atoms with Crippen molar-refractivity contribution < 1.29 is 23.6 Å². The molecule has 0 unspecified atom stereocenters. The number of ether oxygens (including phenoxy) is 2. The van der Waals surface area contributed by atoms with E-state index < -0.39 is 10.8 Å². The number of halogens is 1. The van der Waals surface area contributed by atoms with E-state index in [4.69, 9.17) is 13.9 Å². The van der Waals surface area contributed by atoms with E-state index in [1.807, 2.05) is 0 Å². The van der Waals surface area contributed by atoms with Gasteiger partial charge in [-0.25, -0.2) is 5.43 Å². The highest BCUT2D eigenvalue weighted by molar-refractivity contribution is 9.10. The van der Waals surface area contributed by atoms with E-state index in [1.54, 1.807) is 42.5 Å². The highest BCUT2D eigenvalue weighted by Gasteiger charge is 2.09. The Balaban J connectivity index is 1.53. The van der Waals surface area contributed by atoms with Crippen molar-refractivity contribution in [2.24, 2.45) is 5.10 Å². The summed E-state index contributed by atoms with van der Waals surface area (Å²) in [6.45, 7) is -0.248. The largest absolute Gasteiger partial charge is 0.493 e. The average molecular weight is 474 g/mol. The van der Waals surface area contributed by atoms with Gasteiger partial charge in [-0.1, -0.05) is 15.9 Å². The lowest BCUT2D eigenvalue weighted by Crippen LogP contribution is -2.24. The first kappa shape index (κ1) is 21.1. The summed E-state index contributed by atoms with van der Waals surface area (Å²) in [6.07, 6.45) is 1.34. The molecule has 0 bridgehead atoms. The van der Waals surface area contributed by atoms with Gasteiger partial charge in [0.05, 0.1) is 18.2 Å². The van der Waals surface area contributed by atoms with Gasteiger partial charge >= 0.3 is 0 Å². The minimum atomic E-state index is -0.469. The molecule has 0 radical (unpaired) electrons. The summed E-state index contributed by atoms with van der Waals surface area (Å²) in [4.78, 5) is 22.1. The van der Waals surface area contributed by atoms with Gasteiger partial charge in [-0.3, -0.25) is 14.9 Å². The fraction of sp³-hybridized carbons (Fsp3) is 0.100. The van der Waals surface area contributed by atoms with Crippen LogP contribution in [-0.2, 0) is 4.79 Å². The topological polar surface area (TPSA) is 116 Å². The molecule has 0 atom stereocenters. The van der Waals surface area contributed by atoms with Crippen LogP contribution in [0.15, 0.2) is 68.6 Å². The fourth-order valence-electron chi connectivity index (χ4n) is 2.43. The summed E-state index contributed by atoms with van der Waals surface area (Å²) in [5, 5.41) is 14.5. The van der Waals surface area contributed by atoms with Crippen molar-refractivity contribution in [2.75, 3.05) is 13.7 Å². The molecule has 0 saturated carbocycles. The molecule has 0 aliphatic carbocycles. The second kappa shape index (κ2) is 9.70. The number of rotatable bonds is 8. The maximum atomic E-state index is 11.9. The van der Waals surface area contributed by atoms with E-state index in [-0.39, 0.29) is 12.3 Å². The van der Waals surface area contributed by atoms with E-state index in [2.05, 4.69) is 26.5 Å². The number of hydrazone groups is 1. The van der Waals surface area contributed by atoms with Crippen molar-refractivity contribution in [3.05, 3.63) is 74.9 Å². The number of carbonyl (C=O) groups is 1. The molecule has 0 spiro atoms. The molecule has 3 aromatic rings. The Hall–Kier alpha value is -3.66. The zero-order valence-electron chi connectivity index (χ0n) is 15.7. The van der Waals surface area contributed by atoms with Crippen molar-refractivity contribution in [3.8, 4) is 22.8 Å². The number of furan rings is 1. The third kappa shape index (κ3) is 5.45. The van der Waals surface area contributed by atoms with Crippen LogP contribution >= 0.6 is 15.9 Å². The molecule has 30 heavy (non-hydrogen) atoms. The van der Waals surface area contributed by atoms with Gasteiger partial charge in [0.15, 0.2) is 18.1 Å². The normalized spacial score (nSPS) is 10.7. The number of nitro benzene ring substituents is 1. The quantitative estimate of drug-likeness (QED) is 0.298. The lowest BCUT2D eigenvalue weighted by atomic mass is 10.1. The van der Waals surface area contributed by atoms with Crippen LogP contribution in [0.5, 0.6) is 11.5 Å². The number of carbonyl (C=O) groups excluding carboxylic acids is 1.